The Bertz CT molecular complexity index is 454. The van der Waals surface area contributed by atoms with Gasteiger partial charge in [-0.15, -0.1) is 11.8 Å². The zero-order valence-corrected chi connectivity index (χ0v) is 15.6. The number of carbonyl (C=O) groups excluding carboxylic acids is 1. The smallest absolute Gasteiger partial charge is 0.352 e. The molecule has 2 saturated heterocycles. The molecule has 3 aliphatic heterocycles. The van der Waals surface area contributed by atoms with Gasteiger partial charge in [0.15, 0.2) is 0 Å². The lowest BCUT2D eigenvalue weighted by Gasteiger charge is -2.48. The minimum Gasteiger partial charge on any atom is -0.477 e. The van der Waals surface area contributed by atoms with Gasteiger partial charge < -0.3 is 15.6 Å². The highest BCUT2D eigenvalue weighted by Gasteiger charge is 2.52. The lowest BCUT2D eigenvalue weighted by molar-refractivity contribution is -0.148. The van der Waals surface area contributed by atoms with Crippen LogP contribution in [0, 0.1) is 0 Å². The van der Waals surface area contributed by atoms with Gasteiger partial charge in [-0.2, -0.15) is 0 Å². The highest BCUT2D eigenvalue weighted by atomic mass is 128. The maximum Gasteiger partial charge on any atom is 0.352 e. The van der Waals surface area contributed by atoms with E-state index < -0.39 is 12.0 Å². The fourth-order valence-corrected chi connectivity index (χ4v) is 3.99. The maximum absolute atomic E-state index is 11.7. The minimum absolute atomic E-state index is 0.0948. The summed E-state index contributed by atoms with van der Waals surface area (Å²) in [4.78, 5) is 24.4. The van der Waals surface area contributed by atoms with Gasteiger partial charge in [-0.05, 0) is 18.4 Å². The number of β-lactam (4-membered cyclic amide) rings is 1. The molecule has 0 aromatic rings. The molecule has 0 aromatic heterocycles. The summed E-state index contributed by atoms with van der Waals surface area (Å²) in [5.74, 6) is -0.791. The molecule has 0 radical (unpaired) electrons. The van der Waals surface area contributed by atoms with Crippen molar-refractivity contribution >= 4 is 60.9 Å². The molecule has 3 rings (SSSR count). The van der Waals surface area contributed by atoms with E-state index in [1.165, 1.54) is 16.7 Å². The van der Waals surface area contributed by atoms with Crippen molar-refractivity contribution in [3.05, 3.63) is 11.3 Å². The molecular formula is C11H14I2N2O4S. The summed E-state index contributed by atoms with van der Waals surface area (Å²) < 4.78 is 5.54. The van der Waals surface area contributed by atoms with Crippen LogP contribution in [-0.2, 0) is 14.3 Å². The molecule has 3 atom stereocenters. The Kier molecular flexibility index (Phi) is 5.97. The molecule has 2 fully saturated rings. The average molecular weight is 524 g/mol. The second-order valence-corrected chi connectivity index (χ2v) is 5.72. The van der Waals surface area contributed by atoms with Crippen LogP contribution >= 0.6 is 49.0 Å². The summed E-state index contributed by atoms with van der Waals surface area (Å²) in [6, 6.07) is -0.574. The van der Waals surface area contributed by atoms with E-state index in [0.717, 1.165) is 18.4 Å². The van der Waals surface area contributed by atoms with E-state index in [0.29, 0.717) is 12.4 Å². The summed E-state index contributed by atoms with van der Waals surface area (Å²) in [7, 11) is 0. The first-order valence-corrected chi connectivity index (χ1v) is 13.4. The molecule has 3 heterocycles. The van der Waals surface area contributed by atoms with Gasteiger partial charge in [0.2, 0.25) is 5.91 Å². The zero-order valence-electron chi connectivity index (χ0n) is 10.4. The van der Waals surface area contributed by atoms with E-state index >= 15 is 0 Å². The van der Waals surface area contributed by atoms with Crippen molar-refractivity contribution in [1.82, 2.24) is 4.90 Å². The van der Waals surface area contributed by atoms with E-state index in [1.54, 1.807) is 0 Å². The third-order valence-corrected chi connectivity index (χ3v) is 4.88. The maximum atomic E-state index is 11.7. The molecular weight excluding hydrogens is 510 g/mol. The standard InChI is InChI=1S/C11H14N2O4S.I2/c12-7-9(14)13-8(11(15)16)5(4-18-10(7)13)6-2-1-3-17-6;1-2/h6-7,10H,1-4,12H2,(H,15,16);/t6-,7+,10+;/m0./s1. The van der Waals surface area contributed by atoms with E-state index in [4.69, 9.17) is 10.5 Å². The number of fused-ring (bicyclic) bond motifs is 1. The molecule has 1 amide bonds. The summed E-state index contributed by atoms with van der Waals surface area (Å²) in [6.45, 7) is 0.655. The number of thioether (sulfide) groups is 1. The number of rotatable bonds is 2. The number of hydrogen-bond donors (Lipinski definition) is 2. The van der Waals surface area contributed by atoms with Crippen LogP contribution < -0.4 is 5.73 Å². The molecule has 0 bridgehead atoms. The highest BCUT2D eigenvalue weighted by Crippen LogP contribution is 2.41. The Labute approximate surface area is 144 Å². The first-order chi connectivity index (χ1) is 9.61. The second kappa shape index (κ2) is 7.11. The monoisotopic (exact) mass is 524 g/mol. The van der Waals surface area contributed by atoms with E-state index in [-0.39, 0.29) is 23.1 Å². The van der Waals surface area contributed by atoms with Crippen LogP contribution in [-0.4, -0.2) is 51.8 Å². The lowest BCUT2D eigenvalue weighted by Crippen LogP contribution is -2.68. The number of carbonyl (C=O) groups is 2. The largest absolute Gasteiger partial charge is 0.477 e. The Morgan fingerprint density at radius 1 is 1.50 bits per heavy atom. The normalized spacial score (nSPS) is 32.2. The van der Waals surface area contributed by atoms with Crippen molar-refractivity contribution in [2.75, 3.05) is 12.4 Å². The molecule has 0 aromatic carbocycles. The van der Waals surface area contributed by atoms with Gasteiger partial charge in [-0.1, -0.05) is 0 Å². The molecule has 0 spiro atoms. The number of hydrogen-bond acceptors (Lipinski definition) is 5. The Balaban J connectivity index is 0.000000704. The molecule has 6 nitrogen and oxygen atoms in total. The van der Waals surface area contributed by atoms with Crippen LogP contribution in [0.25, 0.3) is 0 Å². The summed E-state index contributed by atoms with van der Waals surface area (Å²) >= 11 is 5.76. The third kappa shape index (κ3) is 2.83. The fraction of sp³-hybridized carbons (Fsp3) is 0.636. The first kappa shape index (κ1) is 16.8. The number of ether oxygens (including phenoxy) is 1. The minimum atomic E-state index is -1.06. The topological polar surface area (TPSA) is 92.9 Å². The van der Waals surface area contributed by atoms with Gasteiger partial charge in [-0.25, -0.2) is 4.79 Å². The Hall–Kier alpha value is 0.410. The van der Waals surface area contributed by atoms with E-state index in [9.17, 15) is 14.7 Å². The predicted octanol–water partition coefficient (Wildman–Crippen LogP) is 1.52. The predicted molar refractivity (Wildman–Crippen MR) is 92.7 cm³/mol. The zero-order chi connectivity index (χ0) is 14.9. The number of amides is 1. The summed E-state index contributed by atoms with van der Waals surface area (Å²) in [5.41, 5.74) is 6.50. The number of nitrogens with two attached hydrogens (primary N) is 1. The van der Waals surface area contributed by atoms with Gasteiger partial charge in [0.1, 0.15) is 17.1 Å². The van der Waals surface area contributed by atoms with E-state index in [1.807, 2.05) is 0 Å². The van der Waals surface area contributed by atoms with Crippen molar-refractivity contribution in [1.29, 1.82) is 0 Å². The van der Waals surface area contributed by atoms with Crippen LogP contribution in [0.3, 0.4) is 0 Å². The number of carboxylic acid groups (broad SMARTS) is 1. The van der Waals surface area contributed by atoms with Gasteiger partial charge >= 0.3 is 5.97 Å². The third-order valence-electron chi connectivity index (χ3n) is 3.56. The number of aliphatic carboxylic acids is 1. The highest BCUT2D eigenvalue weighted by molar-refractivity contribution is 15.0. The van der Waals surface area contributed by atoms with Crippen molar-refractivity contribution in [2.45, 2.75) is 30.4 Å². The number of carboxylic acids is 1. The number of nitrogens with zero attached hydrogens (tertiary/aromatic N) is 1. The summed E-state index contributed by atoms with van der Waals surface area (Å²) in [6.07, 6.45) is 1.60. The molecule has 0 saturated carbocycles. The first-order valence-electron chi connectivity index (χ1n) is 6.03. The van der Waals surface area contributed by atoms with Crippen LogP contribution in [0.2, 0.25) is 0 Å². The summed E-state index contributed by atoms with van der Waals surface area (Å²) in [5, 5.41) is 9.11. The van der Waals surface area contributed by atoms with Crippen LogP contribution in [0.1, 0.15) is 12.8 Å². The molecule has 20 heavy (non-hydrogen) atoms. The molecule has 0 unspecified atom stereocenters. The quantitative estimate of drug-likeness (QED) is 0.421. The fourth-order valence-electron chi connectivity index (χ4n) is 2.64. The van der Waals surface area contributed by atoms with Gasteiger partial charge in [-0.3, -0.25) is 9.69 Å². The SMILES string of the molecule is II.N[C@@H]1C(=O)N2C(C(=O)O)=C([C@@H]3CCCO3)CS[C@H]12. The molecule has 9 heteroatoms. The molecule has 3 N–H and O–H groups in total. The Morgan fingerprint density at radius 2 is 2.20 bits per heavy atom. The van der Waals surface area contributed by atoms with Gasteiger partial charge in [0.05, 0.1) is 6.10 Å². The van der Waals surface area contributed by atoms with Gasteiger partial charge in [0, 0.05) is 49.6 Å². The number of halogens is 2. The van der Waals surface area contributed by atoms with Crippen molar-refractivity contribution in [3.8, 4) is 0 Å². The average Bonchev–Trinajstić information content (AvgIpc) is 3.00. The molecule has 0 aliphatic carbocycles. The second-order valence-electron chi connectivity index (χ2n) is 4.62. The van der Waals surface area contributed by atoms with Crippen molar-refractivity contribution < 1.29 is 19.4 Å². The van der Waals surface area contributed by atoms with Crippen molar-refractivity contribution in [2.24, 2.45) is 5.73 Å². The van der Waals surface area contributed by atoms with Crippen molar-refractivity contribution in [3.63, 3.8) is 0 Å². The molecule has 112 valence electrons. The Morgan fingerprint density at radius 3 is 2.75 bits per heavy atom. The lowest BCUT2D eigenvalue weighted by atomic mass is 10.00. The molecule has 3 aliphatic rings. The van der Waals surface area contributed by atoms with Crippen LogP contribution in [0.5, 0.6) is 0 Å². The van der Waals surface area contributed by atoms with Crippen LogP contribution in [0.4, 0.5) is 0 Å². The van der Waals surface area contributed by atoms with E-state index in [2.05, 4.69) is 37.2 Å². The van der Waals surface area contributed by atoms with Crippen LogP contribution in [0.15, 0.2) is 11.3 Å². The van der Waals surface area contributed by atoms with Gasteiger partial charge in [0.25, 0.3) is 0 Å².